The van der Waals surface area contributed by atoms with Crippen LogP contribution < -0.4 is 0 Å². The third-order valence-corrected chi connectivity index (χ3v) is 3.54. The molecule has 0 fully saturated rings. The first-order valence-corrected chi connectivity index (χ1v) is 6.81. The second kappa shape index (κ2) is 6.37. The van der Waals surface area contributed by atoms with Crippen LogP contribution in [0.5, 0.6) is 0 Å². The highest BCUT2D eigenvalue weighted by atomic mass is 16.6. The van der Waals surface area contributed by atoms with E-state index in [9.17, 15) is 29.8 Å². The summed E-state index contributed by atoms with van der Waals surface area (Å²) >= 11 is 0. The molecule has 0 atom stereocenters. The van der Waals surface area contributed by atoms with E-state index in [1.807, 2.05) is 0 Å². The van der Waals surface area contributed by atoms with Gasteiger partial charge < -0.3 is 0 Å². The molecule has 0 aliphatic carbocycles. The van der Waals surface area contributed by atoms with E-state index in [0.29, 0.717) is 11.1 Å². The number of aryl methyl sites for hydroxylation is 2. The molecule has 24 heavy (non-hydrogen) atoms. The Hall–Kier alpha value is -3.42. The number of ketones is 2. The zero-order valence-corrected chi connectivity index (χ0v) is 12.8. The Balaban J connectivity index is 2.42. The summed E-state index contributed by atoms with van der Waals surface area (Å²) in [6, 6.07) is 7.42. The average molecular weight is 328 g/mol. The first-order chi connectivity index (χ1) is 11.2. The minimum atomic E-state index is -0.962. The molecule has 0 bridgehead atoms. The number of nitro groups is 2. The fraction of sp³-hybridized carbons (Fsp3) is 0.125. The summed E-state index contributed by atoms with van der Waals surface area (Å²) in [6.07, 6.45) is 0. The average Bonchev–Trinajstić information content (AvgIpc) is 2.53. The minimum absolute atomic E-state index is 0.138. The van der Waals surface area contributed by atoms with Crippen LogP contribution in [0.2, 0.25) is 0 Å². The number of carbonyl (C=O) groups is 2. The van der Waals surface area contributed by atoms with Gasteiger partial charge in [0.15, 0.2) is 0 Å². The first kappa shape index (κ1) is 16.9. The van der Waals surface area contributed by atoms with E-state index in [1.54, 1.807) is 0 Å². The highest BCUT2D eigenvalue weighted by molar-refractivity contribution is 6.49. The van der Waals surface area contributed by atoms with Crippen molar-refractivity contribution in [2.45, 2.75) is 13.8 Å². The van der Waals surface area contributed by atoms with E-state index in [4.69, 9.17) is 0 Å². The normalized spacial score (nSPS) is 10.2. The molecular weight excluding hydrogens is 316 g/mol. The number of nitro benzene ring substituents is 2. The Kier molecular flexibility index (Phi) is 4.50. The maximum Gasteiger partial charge on any atom is 0.273 e. The van der Waals surface area contributed by atoms with Crippen LogP contribution in [0.4, 0.5) is 11.4 Å². The third-order valence-electron chi connectivity index (χ3n) is 3.54. The SMILES string of the molecule is Cc1ccc(C(=O)C(=O)c2ccc(C)c([N+](=O)[O-])c2)cc1[N+](=O)[O-]. The van der Waals surface area contributed by atoms with Gasteiger partial charge in [-0.25, -0.2) is 0 Å². The molecule has 0 spiro atoms. The van der Waals surface area contributed by atoms with E-state index in [1.165, 1.54) is 38.1 Å². The Labute approximate surface area is 136 Å². The molecule has 2 aromatic carbocycles. The number of benzene rings is 2. The number of Topliss-reactive ketones (excluding diaryl/α,β-unsaturated/α-hetero) is 2. The van der Waals surface area contributed by atoms with E-state index < -0.39 is 21.4 Å². The van der Waals surface area contributed by atoms with E-state index in [0.717, 1.165) is 12.1 Å². The van der Waals surface area contributed by atoms with Crippen molar-refractivity contribution < 1.29 is 19.4 Å². The Morgan fingerprint density at radius 1 is 0.750 bits per heavy atom. The number of hydrogen-bond acceptors (Lipinski definition) is 6. The topological polar surface area (TPSA) is 120 Å². The lowest BCUT2D eigenvalue weighted by molar-refractivity contribution is -0.385. The lowest BCUT2D eigenvalue weighted by atomic mass is 9.98. The predicted molar refractivity (Wildman–Crippen MR) is 84.3 cm³/mol. The molecule has 0 saturated carbocycles. The number of nitrogens with zero attached hydrogens (tertiary/aromatic N) is 2. The molecule has 0 aliphatic rings. The smallest absolute Gasteiger partial charge is 0.273 e. The van der Waals surface area contributed by atoms with Crippen molar-refractivity contribution in [3.05, 3.63) is 78.9 Å². The zero-order chi connectivity index (χ0) is 18.0. The molecule has 0 heterocycles. The van der Waals surface area contributed by atoms with E-state index >= 15 is 0 Å². The van der Waals surface area contributed by atoms with Crippen molar-refractivity contribution in [3.63, 3.8) is 0 Å². The zero-order valence-electron chi connectivity index (χ0n) is 12.8. The standard InChI is InChI=1S/C16H12N2O6/c1-9-3-5-11(7-13(9)17(21)22)15(19)16(20)12-6-4-10(2)14(8-12)18(23)24/h3-8H,1-2H3. The van der Waals surface area contributed by atoms with Crippen LogP contribution in [0.1, 0.15) is 31.8 Å². The summed E-state index contributed by atoms with van der Waals surface area (Å²) in [5, 5.41) is 21.9. The summed E-state index contributed by atoms with van der Waals surface area (Å²) in [4.78, 5) is 45.1. The molecule has 0 unspecified atom stereocenters. The molecule has 0 aliphatic heterocycles. The van der Waals surface area contributed by atoms with Crippen molar-refractivity contribution in [3.8, 4) is 0 Å². The summed E-state index contributed by atoms with van der Waals surface area (Å²) in [5.41, 5.74) is -0.113. The molecule has 122 valence electrons. The largest absolute Gasteiger partial charge is 0.285 e. The van der Waals surface area contributed by atoms with Gasteiger partial charge in [0.2, 0.25) is 11.6 Å². The van der Waals surface area contributed by atoms with E-state index in [2.05, 4.69) is 0 Å². The highest BCUT2D eigenvalue weighted by Crippen LogP contribution is 2.23. The van der Waals surface area contributed by atoms with Crippen LogP contribution >= 0.6 is 0 Å². The van der Waals surface area contributed by atoms with Crippen LogP contribution in [0.3, 0.4) is 0 Å². The quantitative estimate of drug-likeness (QED) is 0.360. The molecule has 2 aromatic rings. The predicted octanol–water partition coefficient (Wildman–Crippen LogP) is 3.19. The van der Waals surface area contributed by atoms with E-state index in [-0.39, 0.29) is 22.5 Å². The Bertz CT molecular complexity index is 815. The highest BCUT2D eigenvalue weighted by Gasteiger charge is 2.23. The van der Waals surface area contributed by atoms with Gasteiger partial charge in [0.1, 0.15) is 0 Å². The molecule has 2 rings (SSSR count). The summed E-state index contributed by atoms with van der Waals surface area (Å²) in [5.74, 6) is -1.92. The van der Waals surface area contributed by atoms with Gasteiger partial charge in [0, 0.05) is 34.4 Å². The number of hydrogen-bond donors (Lipinski definition) is 0. The van der Waals surface area contributed by atoms with Crippen molar-refractivity contribution in [2.24, 2.45) is 0 Å². The third kappa shape index (κ3) is 3.17. The van der Waals surface area contributed by atoms with Gasteiger partial charge in [0.25, 0.3) is 11.4 Å². The van der Waals surface area contributed by atoms with Crippen molar-refractivity contribution in [1.29, 1.82) is 0 Å². The van der Waals surface area contributed by atoms with Crippen molar-refractivity contribution in [1.82, 2.24) is 0 Å². The minimum Gasteiger partial charge on any atom is -0.285 e. The molecular formula is C16H12N2O6. The summed E-state index contributed by atoms with van der Waals surface area (Å²) in [6.45, 7) is 3.02. The molecule has 0 N–H and O–H groups in total. The van der Waals surface area contributed by atoms with Gasteiger partial charge in [-0.2, -0.15) is 0 Å². The molecule has 0 aromatic heterocycles. The van der Waals surface area contributed by atoms with Crippen molar-refractivity contribution in [2.75, 3.05) is 0 Å². The fourth-order valence-electron chi connectivity index (χ4n) is 2.16. The van der Waals surface area contributed by atoms with Crippen LogP contribution in [0, 0.1) is 34.1 Å². The van der Waals surface area contributed by atoms with Gasteiger partial charge in [0.05, 0.1) is 9.85 Å². The molecule has 8 heteroatoms. The maximum atomic E-state index is 12.3. The molecule has 8 nitrogen and oxygen atoms in total. The van der Waals surface area contributed by atoms with Gasteiger partial charge in [-0.3, -0.25) is 29.8 Å². The van der Waals surface area contributed by atoms with Crippen molar-refractivity contribution >= 4 is 22.9 Å². The van der Waals surface area contributed by atoms with Crippen LogP contribution in [0.15, 0.2) is 36.4 Å². The lowest BCUT2D eigenvalue weighted by Gasteiger charge is -2.04. The van der Waals surface area contributed by atoms with Crippen LogP contribution in [0.25, 0.3) is 0 Å². The van der Waals surface area contributed by atoms with Gasteiger partial charge >= 0.3 is 0 Å². The Morgan fingerprint density at radius 2 is 1.08 bits per heavy atom. The first-order valence-electron chi connectivity index (χ1n) is 6.81. The van der Waals surface area contributed by atoms with Crippen LogP contribution in [-0.4, -0.2) is 21.4 Å². The Morgan fingerprint density at radius 3 is 1.38 bits per heavy atom. The number of carbonyl (C=O) groups excluding carboxylic acids is 2. The molecule has 0 saturated heterocycles. The van der Waals surface area contributed by atoms with Crippen LogP contribution in [-0.2, 0) is 0 Å². The summed E-state index contributed by atoms with van der Waals surface area (Å²) in [7, 11) is 0. The molecule has 0 radical (unpaired) electrons. The maximum absolute atomic E-state index is 12.3. The molecule has 0 amide bonds. The lowest BCUT2D eigenvalue weighted by Crippen LogP contribution is -2.15. The summed E-state index contributed by atoms with van der Waals surface area (Å²) < 4.78 is 0. The second-order valence-electron chi connectivity index (χ2n) is 5.17. The number of rotatable bonds is 5. The monoisotopic (exact) mass is 328 g/mol. The van der Waals surface area contributed by atoms with Gasteiger partial charge in [-0.1, -0.05) is 24.3 Å². The van der Waals surface area contributed by atoms with Gasteiger partial charge in [-0.15, -0.1) is 0 Å². The second-order valence-corrected chi connectivity index (χ2v) is 5.17. The fourth-order valence-corrected chi connectivity index (χ4v) is 2.16. The van der Waals surface area contributed by atoms with Gasteiger partial charge in [-0.05, 0) is 13.8 Å².